The second-order valence-corrected chi connectivity index (χ2v) is 8.15. The summed E-state index contributed by atoms with van der Waals surface area (Å²) in [5.41, 5.74) is 1.02. The van der Waals surface area contributed by atoms with Gasteiger partial charge in [0.05, 0.1) is 10.9 Å². The van der Waals surface area contributed by atoms with Crippen LogP contribution < -0.4 is 15.8 Å². The molecule has 24 heavy (non-hydrogen) atoms. The van der Waals surface area contributed by atoms with Crippen LogP contribution in [0.2, 0.25) is 0 Å². The van der Waals surface area contributed by atoms with Gasteiger partial charge in [-0.2, -0.15) is 0 Å². The van der Waals surface area contributed by atoms with Gasteiger partial charge in [0, 0.05) is 11.7 Å². The van der Waals surface area contributed by atoms with Crippen molar-refractivity contribution in [2.75, 3.05) is 5.32 Å². The number of nitrogens with one attached hydrogen (secondary N) is 2. The number of primary sulfonamides is 1. The van der Waals surface area contributed by atoms with Gasteiger partial charge in [0.2, 0.25) is 15.9 Å². The minimum absolute atomic E-state index is 0. The van der Waals surface area contributed by atoms with Gasteiger partial charge in [0.25, 0.3) is 0 Å². The van der Waals surface area contributed by atoms with E-state index in [2.05, 4.69) is 10.6 Å². The first kappa shape index (κ1) is 19.2. The fourth-order valence-corrected chi connectivity index (χ4v) is 4.54. The largest absolute Gasteiger partial charge is 0.325 e. The molecule has 1 amide bonds. The van der Waals surface area contributed by atoms with Crippen molar-refractivity contribution in [1.82, 2.24) is 5.32 Å². The predicted octanol–water partition coefficient (Wildman–Crippen LogP) is 1.92. The Kier molecular flexibility index (Phi) is 5.91. The summed E-state index contributed by atoms with van der Waals surface area (Å²) in [5.74, 6) is 0.473. The molecule has 0 aromatic heterocycles. The molecule has 3 rings (SSSR count). The molecule has 8 heteroatoms. The maximum Gasteiger partial charge on any atom is 0.241 e. The van der Waals surface area contributed by atoms with Crippen LogP contribution in [0.3, 0.4) is 0 Å². The maximum absolute atomic E-state index is 12.4. The lowest BCUT2D eigenvalue weighted by Crippen LogP contribution is -2.39. The maximum atomic E-state index is 12.4. The van der Waals surface area contributed by atoms with E-state index in [4.69, 9.17) is 5.14 Å². The van der Waals surface area contributed by atoms with E-state index in [1.54, 1.807) is 19.1 Å². The SMILES string of the molecule is Cc1ccc(NC(=O)C2CC3CCCCC3N2)cc1S(N)(=O)=O.Cl. The molecule has 2 fully saturated rings. The van der Waals surface area contributed by atoms with Crippen LogP contribution in [0.1, 0.15) is 37.7 Å². The lowest BCUT2D eigenvalue weighted by molar-refractivity contribution is -0.117. The second kappa shape index (κ2) is 7.39. The van der Waals surface area contributed by atoms with Crippen molar-refractivity contribution in [2.45, 2.75) is 56.0 Å². The number of halogens is 1. The third-order valence-corrected chi connectivity index (χ3v) is 5.99. The van der Waals surface area contributed by atoms with Crippen LogP contribution in [-0.4, -0.2) is 26.4 Å². The van der Waals surface area contributed by atoms with Crippen molar-refractivity contribution >= 4 is 34.0 Å². The molecule has 1 saturated heterocycles. The second-order valence-electron chi connectivity index (χ2n) is 6.62. The predicted molar refractivity (Wildman–Crippen MR) is 95.7 cm³/mol. The number of fused-ring (bicyclic) bond motifs is 1. The fraction of sp³-hybridized carbons (Fsp3) is 0.562. The summed E-state index contributed by atoms with van der Waals surface area (Å²) in [6.07, 6.45) is 5.63. The molecular weight excluding hydrogens is 350 g/mol. The van der Waals surface area contributed by atoms with Gasteiger partial charge in [-0.1, -0.05) is 18.9 Å². The van der Waals surface area contributed by atoms with Gasteiger partial charge in [0.1, 0.15) is 0 Å². The molecule has 0 bridgehead atoms. The molecular formula is C16H24ClN3O3S. The summed E-state index contributed by atoms with van der Waals surface area (Å²) in [4.78, 5) is 12.5. The first-order chi connectivity index (χ1) is 10.8. The lowest BCUT2D eigenvalue weighted by atomic mass is 9.85. The molecule has 0 spiro atoms. The van der Waals surface area contributed by atoms with Crippen molar-refractivity contribution in [3.05, 3.63) is 23.8 Å². The van der Waals surface area contributed by atoms with Gasteiger partial charge in [0.15, 0.2) is 0 Å². The molecule has 1 heterocycles. The highest BCUT2D eigenvalue weighted by atomic mass is 35.5. The van der Waals surface area contributed by atoms with Crippen LogP contribution >= 0.6 is 12.4 Å². The zero-order chi connectivity index (χ0) is 16.6. The number of amides is 1. The van der Waals surface area contributed by atoms with Gasteiger partial charge in [-0.3, -0.25) is 4.79 Å². The number of hydrogen-bond acceptors (Lipinski definition) is 4. The zero-order valence-corrected chi connectivity index (χ0v) is 15.3. The summed E-state index contributed by atoms with van der Waals surface area (Å²) in [7, 11) is -3.79. The third kappa shape index (κ3) is 4.08. The Morgan fingerprint density at radius 1 is 1.29 bits per heavy atom. The summed E-state index contributed by atoms with van der Waals surface area (Å²) >= 11 is 0. The Hall–Kier alpha value is -1.15. The Labute approximate surface area is 149 Å². The van der Waals surface area contributed by atoms with E-state index in [0.29, 0.717) is 23.2 Å². The van der Waals surface area contributed by atoms with Gasteiger partial charge < -0.3 is 10.6 Å². The van der Waals surface area contributed by atoms with E-state index in [9.17, 15) is 13.2 Å². The number of carbonyl (C=O) groups excluding carboxylic acids is 1. The fourth-order valence-electron chi connectivity index (χ4n) is 3.73. The van der Waals surface area contributed by atoms with Crippen molar-refractivity contribution in [3.8, 4) is 0 Å². The van der Waals surface area contributed by atoms with Crippen molar-refractivity contribution in [2.24, 2.45) is 11.1 Å². The molecule has 3 unspecified atom stereocenters. The summed E-state index contributed by atoms with van der Waals surface area (Å²) in [5, 5.41) is 11.4. The minimum Gasteiger partial charge on any atom is -0.325 e. The van der Waals surface area contributed by atoms with Crippen LogP contribution in [-0.2, 0) is 14.8 Å². The topological polar surface area (TPSA) is 101 Å². The van der Waals surface area contributed by atoms with Crippen LogP contribution in [0.5, 0.6) is 0 Å². The summed E-state index contributed by atoms with van der Waals surface area (Å²) in [6, 6.07) is 5.01. The van der Waals surface area contributed by atoms with Crippen LogP contribution in [0.25, 0.3) is 0 Å². The number of nitrogens with two attached hydrogens (primary N) is 1. The van der Waals surface area contributed by atoms with E-state index >= 15 is 0 Å². The molecule has 3 atom stereocenters. The van der Waals surface area contributed by atoms with E-state index in [1.807, 2.05) is 0 Å². The average molecular weight is 374 g/mol. The highest BCUT2D eigenvalue weighted by Gasteiger charge is 2.38. The molecule has 1 saturated carbocycles. The molecule has 1 aliphatic heterocycles. The van der Waals surface area contributed by atoms with Crippen molar-refractivity contribution < 1.29 is 13.2 Å². The Morgan fingerprint density at radius 3 is 2.67 bits per heavy atom. The summed E-state index contributed by atoms with van der Waals surface area (Å²) in [6.45, 7) is 1.68. The average Bonchev–Trinajstić information content (AvgIpc) is 2.92. The molecule has 1 aromatic carbocycles. The molecule has 1 aromatic rings. The first-order valence-electron chi connectivity index (χ1n) is 8.05. The molecule has 2 aliphatic rings. The monoisotopic (exact) mass is 373 g/mol. The molecule has 1 aliphatic carbocycles. The van der Waals surface area contributed by atoms with Crippen molar-refractivity contribution in [3.63, 3.8) is 0 Å². The van der Waals surface area contributed by atoms with Gasteiger partial charge >= 0.3 is 0 Å². The first-order valence-corrected chi connectivity index (χ1v) is 9.59. The molecule has 0 radical (unpaired) electrons. The molecule has 134 valence electrons. The van der Waals surface area contributed by atoms with E-state index < -0.39 is 10.0 Å². The van der Waals surface area contributed by atoms with Gasteiger partial charge in [-0.25, -0.2) is 13.6 Å². The van der Waals surface area contributed by atoms with Crippen LogP contribution in [0, 0.1) is 12.8 Å². The number of aryl methyl sites for hydroxylation is 1. The van der Waals surface area contributed by atoms with Gasteiger partial charge in [-0.15, -0.1) is 12.4 Å². The Morgan fingerprint density at radius 2 is 2.00 bits per heavy atom. The summed E-state index contributed by atoms with van der Waals surface area (Å²) < 4.78 is 23.1. The quantitative estimate of drug-likeness (QED) is 0.753. The van der Waals surface area contributed by atoms with E-state index in [1.165, 1.54) is 25.3 Å². The number of sulfonamides is 1. The number of anilines is 1. The normalized spacial score (nSPS) is 26.3. The van der Waals surface area contributed by atoms with Gasteiger partial charge in [-0.05, 0) is 49.8 Å². The van der Waals surface area contributed by atoms with E-state index in [-0.39, 0.29) is 29.3 Å². The zero-order valence-electron chi connectivity index (χ0n) is 13.6. The number of carbonyl (C=O) groups is 1. The number of hydrogen-bond donors (Lipinski definition) is 3. The molecule has 4 N–H and O–H groups in total. The Balaban J connectivity index is 0.00000208. The van der Waals surface area contributed by atoms with Crippen LogP contribution in [0.15, 0.2) is 23.1 Å². The Bertz CT molecular complexity index is 709. The van der Waals surface area contributed by atoms with Crippen molar-refractivity contribution in [1.29, 1.82) is 0 Å². The minimum atomic E-state index is -3.79. The highest BCUT2D eigenvalue weighted by molar-refractivity contribution is 7.89. The standard InChI is InChI=1S/C16H23N3O3S.ClH/c1-10-6-7-12(9-15(10)23(17,21)22)18-16(20)14-8-11-4-2-3-5-13(11)19-14;/h6-7,9,11,13-14,19H,2-5,8H2,1H3,(H,18,20)(H2,17,21,22);1H. The third-order valence-electron chi connectivity index (χ3n) is 4.94. The van der Waals surface area contributed by atoms with Crippen LogP contribution in [0.4, 0.5) is 5.69 Å². The smallest absolute Gasteiger partial charge is 0.241 e. The lowest BCUT2D eigenvalue weighted by Gasteiger charge is -2.24. The van der Waals surface area contributed by atoms with E-state index in [0.717, 1.165) is 12.8 Å². The highest BCUT2D eigenvalue weighted by Crippen LogP contribution is 2.33. The number of rotatable bonds is 3. The molecule has 6 nitrogen and oxygen atoms in total. The number of benzene rings is 1.